The molecular weight excluding hydrogens is 666 g/mol. The summed E-state index contributed by atoms with van der Waals surface area (Å²) in [6, 6.07) is 13.8. The molecule has 2 saturated carbocycles. The second-order valence-electron chi connectivity index (χ2n) is 13.4. The number of hydrogen-bond acceptors (Lipinski definition) is 9. The van der Waals surface area contributed by atoms with Crippen LogP contribution in [0, 0.1) is 5.21 Å². The standard InChI is InChI=1S/C37H48ClN3O9/c1-23(6-4-5-16-39-36(47)40-31(20-42)34(45)35(46)32(44)21-43)24-9-12-30(38)25(18-24)22-49-37(14-15-37)29-19-41(48)17-13-27(29)28-7-2-3-8-33(28)50-26-10-11-26/h2-3,7-9,12-13,17-19,23,26,31-32,34-35,42-46H,4-6,10-11,14-16,20-22H2,1H3,(H2,39,40,47). The average Bonchev–Trinajstić information content (AvgIpc) is 4.07. The molecule has 12 nitrogen and oxygen atoms in total. The largest absolute Gasteiger partial charge is 0.619 e. The Morgan fingerprint density at radius 2 is 1.80 bits per heavy atom. The van der Waals surface area contributed by atoms with Crippen molar-refractivity contribution in [1.82, 2.24) is 10.6 Å². The van der Waals surface area contributed by atoms with E-state index in [1.54, 1.807) is 6.20 Å². The number of pyridine rings is 1. The van der Waals surface area contributed by atoms with E-state index in [2.05, 4.69) is 23.6 Å². The summed E-state index contributed by atoms with van der Waals surface area (Å²) in [5, 5.41) is 66.1. The lowest BCUT2D eigenvalue weighted by Gasteiger charge is -2.28. The Bertz CT molecular complexity index is 1590. The molecule has 50 heavy (non-hydrogen) atoms. The van der Waals surface area contributed by atoms with Gasteiger partial charge in [-0.2, -0.15) is 4.73 Å². The first-order chi connectivity index (χ1) is 24.0. The van der Waals surface area contributed by atoms with Crippen molar-refractivity contribution in [2.75, 3.05) is 19.8 Å². The number of benzene rings is 2. The summed E-state index contributed by atoms with van der Waals surface area (Å²) in [4.78, 5) is 12.3. The van der Waals surface area contributed by atoms with E-state index in [1.165, 1.54) is 6.20 Å². The van der Waals surface area contributed by atoms with E-state index in [4.69, 9.17) is 26.2 Å². The van der Waals surface area contributed by atoms with Crippen molar-refractivity contribution in [3.63, 3.8) is 0 Å². The molecule has 272 valence electrons. The summed E-state index contributed by atoms with van der Waals surface area (Å²) < 4.78 is 13.6. The van der Waals surface area contributed by atoms with Crippen LogP contribution >= 0.6 is 11.6 Å². The fourth-order valence-electron chi connectivity index (χ4n) is 6.04. The summed E-state index contributed by atoms with van der Waals surface area (Å²) in [5.74, 6) is 1.01. The minimum atomic E-state index is -1.74. The number of carbonyl (C=O) groups excluding carboxylic acids is 1. The molecule has 7 N–H and O–H groups in total. The fraction of sp³-hybridized carbons (Fsp3) is 0.514. The predicted molar refractivity (Wildman–Crippen MR) is 186 cm³/mol. The van der Waals surface area contributed by atoms with E-state index in [0.29, 0.717) is 18.0 Å². The molecular formula is C37H48ClN3O9. The number of aliphatic hydroxyl groups excluding tert-OH is 5. The summed E-state index contributed by atoms with van der Waals surface area (Å²) in [5.41, 5.74) is 4.08. The Balaban J connectivity index is 1.14. The van der Waals surface area contributed by atoms with Crippen molar-refractivity contribution in [2.24, 2.45) is 0 Å². The number of nitrogens with one attached hydrogen (secondary N) is 2. The molecule has 0 radical (unpaired) electrons. The molecule has 2 fully saturated rings. The normalized spacial score (nSPS) is 18.1. The van der Waals surface area contributed by atoms with E-state index >= 15 is 0 Å². The van der Waals surface area contributed by atoms with Crippen molar-refractivity contribution in [2.45, 2.75) is 100 Å². The highest BCUT2D eigenvalue weighted by Gasteiger charge is 2.49. The van der Waals surface area contributed by atoms with Crippen LogP contribution in [0.15, 0.2) is 60.9 Å². The Morgan fingerprint density at radius 1 is 1.04 bits per heavy atom. The van der Waals surface area contributed by atoms with Gasteiger partial charge in [0, 0.05) is 28.8 Å². The molecule has 2 aromatic carbocycles. The Hall–Kier alpha value is -3.49. The summed E-state index contributed by atoms with van der Waals surface area (Å²) in [7, 11) is 0. The third-order valence-corrected chi connectivity index (χ3v) is 9.84. The van der Waals surface area contributed by atoms with Crippen LogP contribution in [0.3, 0.4) is 0 Å². The van der Waals surface area contributed by atoms with Crippen molar-refractivity contribution in [1.29, 1.82) is 0 Å². The monoisotopic (exact) mass is 713 g/mol. The number of rotatable bonds is 19. The van der Waals surface area contributed by atoms with Crippen molar-refractivity contribution >= 4 is 17.6 Å². The third-order valence-electron chi connectivity index (χ3n) is 9.47. The molecule has 2 amide bonds. The minimum absolute atomic E-state index is 0.200. The highest BCUT2D eigenvalue weighted by atomic mass is 35.5. The summed E-state index contributed by atoms with van der Waals surface area (Å²) in [6.45, 7) is 1.30. The van der Waals surface area contributed by atoms with E-state index in [-0.39, 0.29) is 18.6 Å². The highest BCUT2D eigenvalue weighted by Crippen LogP contribution is 2.53. The van der Waals surface area contributed by atoms with Gasteiger partial charge in [0.1, 0.15) is 29.7 Å². The van der Waals surface area contributed by atoms with Gasteiger partial charge in [-0.05, 0) is 67.7 Å². The van der Waals surface area contributed by atoms with Gasteiger partial charge in [-0.3, -0.25) is 0 Å². The quantitative estimate of drug-likeness (QED) is 0.0555. The number of nitrogens with zero attached hydrogens (tertiary/aromatic N) is 1. The van der Waals surface area contributed by atoms with Crippen LogP contribution in [-0.2, 0) is 16.9 Å². The zero-order valence-corrected chi connectivity index (χ0v) is 29.0. The second-order valence-corrected chi connectivity index (χ2v) is 13.8. The molecule has 3 aromatic rings. The third kappa shape index (κ3) is 9.64. The first-order valence-electron chi connectivity index (χ1n) is 17.3. The second kappa shape index (κ2) is 17.1. The molecule has 1 aromatic heterocycles. The van der Waals surface area contributed by atoms with Gasteiger partial charge in [0.2, 0.25) is 0 Å². The molecule has 5 atom stereocenters. The van der Waals surface area contributed by atoms with E-state index in [9.17, 15) is 30.4 Å². The smallest absolute Gasteiger partial charge is 0.315 e. The Labute approximate surface area is 297 Å². The van der Waals surface area contributed by atoms with Gasteiger partial charge in [-0.1, -0.05) is 55.3 Å². The summed E-state index contributed by atoms with van der Waals surface area (Å²) in [6.07, 6.45) is 4.32. The van der Waals surface area contributed by atoms with E-state index in [1.807, 2.05) is 42.5 Å². The molecule has 0 saturated heterocycles. The van der Waals surface area contributed by atoms with Gasteiger partial charge in [0.25, 0.3) is 0 Å². The minimum Gasteiger partial charge on any atom is -0.619 e. The van der Waals surface area contributed by atoms with Crippen LogP contribution in [0.5, 0.6) is 5.75 Å². The average molecular weight is 714 g/mol. The number of urea groups is 1. The van der Waals surface area contributed by atoms with Gasteiger partial charge >= 0.3 is 6.03 Å². The lowest BCUT2D eigenvalue weighted by Crippen LogP contribution is -2.56. The van der Waals surface area contributed by atoms with Crippen molar-refractivity contribution in [3.05, 3.63) is 87.8 Å². The number of carbonyl (C=O) groups is 1. The van der Waals surface area contributed by atoms with Crippen LogP contribution in [0.1, 0.15) is 74.5 Å². The predicted octanol–water partition coefficient (Wildman–Crippen LogP) is 3.40. The van der Waals surface area contributed by atoms with Crippen molar-refractivity contribution in [3.8, 4) is 16.9 Å². The molecule has 0 spiro atoms. The van der Waals surface area contributed by atoms with E-state index < -0.39 is 49.2 Å². The molecule has 5 unspecified atom stereocenters. The number of unbranched alkanes of at least 4 members (excludes halogenated alkanes) is 1. The number of aromatic nitrogens is 1. The zero-order valence-electron chi connectivity index (χ0n) is 28.2. The maximum Gasteiger partial charge on any atom is 0.315 e. The SMILES string of the molecule is CC(CCCCNC(=O)NC(CO)C(O)C(O)C(O)CO)c1ccc(Cl)c(COC2(c3c[n+]([O-])ccc3-c3ccccc3OC3CC3)CC2)c1. The zero-order chi connectivity index (χ0) is 35.8. The van der Waals surface area contributed by atoms with Gasteiger partial charge in [0.15, 0.2) is 12.4 Å². The molecule has 2 aliphatic carbocycles. The van der Waals surface area contributed by atoms with Gasteiger partial charge in [-0.15, -0.1) is 0 Å². The number of hydrogen-bond donors (Lipinski definition) is 7. The Morgan fingerprint density at radius 3 is 2.50 bits per heavy atom. The lowest BCUT2D eigenvalue weighted by molar-refractivity contribution is -0.606. The van der Waals surface area contributed by atoms with Crippen LogP contribution in [0.2, 0.25) is 5.02 Å². The maximum absolute atomic E-state index is 12.5. The first-order valence-corrected chi connectivity index (χ1v) is 17.6. The van der Waals surface area contributed by atoms with Gasteiger partial charge < -0.3 is 50.8 Å². The van der Waals surface area contributed by atoms with E-state index in [0.717, 1.165) is 76.8 Å². The van der Waals surface area contributed by atoms with Gasteiger partial charge in [0.05, 0.1) is 37.5 Å². The topological polar surface area (TPSA) is 188 Å². The number of halogens is 1. The number of aliphatic hydroxyl groups is 5. The Kier molecular flexibility index (Phi) is 12.9. The maximum atomic E-state index is 12.5. The molecule has 0 bridgehead atoms. The van der Waals surface area contributed by atoms with Gasteiger partial charge in [-0.25, -0.2) is 4.79 Å². The van der Waals surface area contributed by atoms with Crippen LogP contribution in [-0.4, -0.2) is 81.8 Å². The summed E-state index contributed by atoms with van der Waals surface area (Å²) >= 11 is 6.64. The number of ether oxygens (including phenoxy) is 2. The lowest BCUT2D eigenvalue weighted by atomic mass is 9.94. The van der Waals surface area contributed by atoms with Crippen LogP contribution in [0.25, 0.3) is 11.1 Å². The van der Waals surface area contributed by atoms with Crippen LogP contribution < -0.4 is 20.1 Å². The molecule has 5 rings (SSSR count). The molecule has 0 aliphatic heterocycles. The molecule has 2 aliphatic rings. The molecule has 13 heteroatoms. The van der Waals surface area contributed by atoms with Crippen LogP contribution in [0.4, 0.5) is 4.79 Å². The van der Waals surface area contributed by atoms with Crippen molar-refractivity contribution < 1.29 is 44.5 Å². The number of para-hydroxylation sites is 1. The highest BCUT2D eigenvalue weighted by molar-refractivity contribution is 6.31. The molecule has 1 heterocycles. The number of amides is 2. The fourth-order valence-corrected chi connectivity index (χ4v) is 6.21. The first kappa shape index (κ1) is 37.8.